The van der Waals surface area contributed by atoms with Gasteiger partial charge in [0.15, 0.2) is 0 Å². The lowest BCUT2D eigenvalue weighted by Crippen LogP contribution is -2.46. The van der Waals surface area contributed by atoms with Crippen LogP contribution in [0.1, 0.15) is 27.7 Å². The fourth-order valence-corrected chi connectivity index (χ4v) is 1.07. The minimum absolute atomic E-state index is 0.0941. The van der Waals surface area contributed by atoms with E-state index in [2.05, 4.69) is 10.1 Å². The first-order valence-corrected chi connectivity index (χ1v) is 4.24. The van der Waals surface area contributed by atoms with Gasteiger partial charge in [0.1, 0.15) is 6.04 Å². The summed E-state index contributed by atoms with van der Waals surface area (Å²) in [5, 5.41) is 3.10. The maximum absolute atomic E-state index is 11.3. The molecule has 0 aliphatic carbocycles. The van der Waals surface area contributed by atoms with Crippen molar-refractivity contribution in [1.82, 2.24) is 5.32 Å². The minimum Gasteiger partial charge on any atom is -0.468 e. The number of carbonyl (C=O) groups is 1. The van der Waals surface area contributed by atoms with Crippen molar-refractivity contribution in [2.24, 2.45) is 5.41 Å². The van der Waals surface area contributed by atoms with Crippen LogP contribution in [0, 0.1) is 5.41 Å². The van der Waals surface area contributed by atoms with E-state index in [9.17, 15) is 4.79 Å². The zero-order valence-electron chi connectivity index (χ0n) is 8.60. The normalized spacial score (nSPS) is 14.1. The number of ether oxygens (including phenoxy) is 1. The Morgan fingerprint density at radius 3 is 2.25 bits per heavy atom. The van der Waals surface area contributed by atoms with Crippen molar-refractivity contribution in [1.29, 1.82) is 0 Å². The molecule has 72 valence electrons. The second-order valence-electron chi connectivity index (χ2n) is 3.88. The van der Waals surface area contributed by atoms with Gasteiger partial charge < -0.3 is 10.1 Å². The van der Waals surface area contributed by atoms with Gasteiger partial charge in [0.05, 0.1) is 7.11 Å². The molecule has 1 N–H and O–H groups in total. The van der Waals surface area contributed by atoms with Crippen LogP contribution < -0.4 is 5.32 Å². The Morgan fingerprint density at radius 2 is 2.00 bits per heavy atom. The van der Waals surface area contributed by atoms with Crippen LogP contribution >= 0.6 is 0 Å². The lowest BCUT2D eigenvalue weighted by molar-refractivity contribution is -0.146. The Morgan fingerprint density at radius 1 is 1.50 bits per heavy atom. The van der Waals surface area contributed by atoms with Crippen LogP contribution in [0.3, 0.4) is 0 Å². The van der Waals surface area contributed by atoms with Crippen molar-refractivity contribution in [2.75, 3.05) is 13.7 Å². The van der Waals surface area contributed by atoms with Gasteiger partial charge >= 0.3 is 5.97 Å². The molecule has 0 spiro atoms. The molecule has 0 saturated carbocycles. The number of carbonyl (C=O) groups excluding carboxylic acids is 1. The smallest absolute Gasteiger partial charge is 0.323 e. The molecule has 0 fully saturated rings. The van der Waals surface area contributed by atoms with E-state index in [1.165, 1.54) is 7.11 Å². The fourth-order valence-electron chi connectivity index (χ4n) is 1.07. The van der Waals surface area contributed by atoms with E-state index in [-0.39, 0.29) is 17.4 Å². The Hall–Kier alpha value is -0.570. The summed E-state index contributed by atoms with van der Waals surface area (Å²) in [4.78, 5) is 11.3. The van der Waals surface area contributed by atoms with Gasteiger partial charge in [-0.2, -0.15) is 0 Å². The molecule has 12 heavy (non-hydrogen) atoms. The molecule has 3 nitrogen and oxygen atoms in total. The van der Waals surface area contributed by atoms with Crippen molar-refractivity contribution >= 4 is 5.97 Å². The van der Waals surface area contributed by atoms with Crippen LogP contribution in [-0.2, 0) is 9.53 Å². The van der Waals surface area contributed by atoms with Gasteiger partial charge in [0.2, 0.25) is 0 Å². The van der Waals surface area contributed by atoms with Gasteiger partial charge in [0, 0.05) is 0 Å². The monoisotopic (exact) mass is 173 g/mol. The SMILES string of the molecule is CCNC(C(=O)OC)C(C)(C)C. The molecule has 0 radical (unpaired) electrons. The molecular weight excluding hydrogens is 154 g/mol. The predicted octanol–water partition coefficient (Wildman–Crippen LogP) is 1.18. The first-order chi connectivity index (χ1) is 5.43. The molecule has 0 amide bonds. The van der Waals surface area contributed by atoms with Gasteiger partial charge in [-0.3, -0.25) is 4.79 Å². The summed E-state index contributed by atoms with van der Waals surface area (Å²) in [6.45, 7) is 8.78. The molecule has 1 atom stereocenters. The number of hydrogen-bond donors (Lipinski definition) is 1. The first-order valence-electron chi connectivity index (χ1n) is 4.24. The quantitative estimate of drug-likeness (QED) is 0.651. The molecule has 0 aromatic carbocycles. The molecule has 0 aromatic heterocycles. The Kier molecular flexibility index (Phi) is 4.24. The highest BCUT2D eigenvalue weighted by molar-refractivity contribution is 5.76. The van der Waals surface area contributed by atoms with E-state index < -0.39 is 0 Å². The van der Waals surface area contributed by atoms with Crippen molar-refractivity contribution in [2.45, 2.75) is 33.7 Å². The van der Waals surface area contributed by atoms with Gasteiger partial charge in [-0.05, 0) is 12.0 Å². The number of esters is 1. The molecule has 0 rings (SSSR count). The Balaban J connectivity index is 4.33. The largest absolute Gasteiger partial charge is 0.468 e. The third-order valence-electron chi connectivity index (χ3n) is 1.71. The third-order valence-corrected chi connectivity index (χ3v) is 1.71. The minimum atomic E-state index is -0.215. The maximum atomic E-state index is 11.3. The maximum Gasteiger partial charge on any atom is 0.323 e. The van der Waals surface area contributed by atoms with Crippen LogP contribution in [0.25, 0.3) is 0 Å². The van der Waals surface area contributed by atoms with Crippen molar-refractivity contribution in [3.05, 3.63) is 0 Å². The Bertz CT molecular complexity index is 149. The van der Waals surface area contributed by atoms with E-state index in [1.54, 1.807) is 0 Å². The third kappa shape index (κ3) is 3.22. The summed E-state index contributed by atoms with van der Waals surface area (Å²) in [5.74, 6) is -0.190. The number of hydrogen-bond acceptors (Lipinski definition) is 3. The van der Waals surface area contributed by atoms with E-state index in [4.69, 9.17) is 0 Å². The highest BCUT2D eigenvalue weighted by Gasteiger charge is 2.30. The van der Waals surface area contributed by atoms with Crippen LogP contribution in [-0.4, -0.2) is 25.7 Å². The lowest BCUT2D eigenvalue weighted by atomic mass is 9.87. The molecule has 0 aliphatic rings. The van der Waals surface area contributed by atoms with Crippen LogP contribution in [0.5, 0.6) is 0 Å². The standard InChI is InChI=1S/C9H19NO2/c1-6-10-7(8(11)12-5)9(2,3)4/h7,10H,6H2,1-5H3. The van der Waals surface area contributed by atoms with E-state index in [1.807, 2.05) is 27.7 Å². The number of rotatable bonds is 3. The summed E-state index contributed by atoms with van der Waals surface area (Å²) in [5.41, 5.74) is -0.0941. The molecule has 3 heteroatoms. The molecule has 0 bridgehead atoms. The predicted molar refractivity (Wildman–Crippen MR) is 48.9 cm³/mol. The van der Waals surface area contributed by atoms with Crippen molar-refractivity contribution in [3.8, 4) is 0 Å². The Labute approximate surface area is 74.5 Å². The molecular formula is C9H19NO2. The highest BCUT2D eigenvalue weighted by Crippen LogP contribution is 2.19. The average Bonchev–Trinajstić information content (AvgIpc) is 1.96. The first kappa shape index (κ1) is 11.4. The fraction of sp³-hybridized carbons (Fsp3) is 0.889. The summed E-state index contributed by atoms with van der Waals surface area (Å²) < 4.78 is 4.69. The molecule has 0 heterocycles. The van der Waals surface area contributed by atoms with Gasteiger partial charge in [-0.15, -0.1) is 0 Å². The van der Waals surface area contributed by atoms with Crippen LogP contribution in [0.15, 0.2) is 0 Å². The van der Waals surface area contributed by atoms with E-state index >= 15 is 0 Å². The lowest BCUT2D eigenvalue weighted by Gasteiger charge is -2.28. The zero-order valence-corrected chi connectivity index (χ0v) is 8.60. The topological polar surface area (TPSA) is 38.3 Å². The summed E-state index contributed by atoms with van der Waals surface area (Å²) in [6, 6.07) is -0.215. The van der Waals surface area contributed by atoms with Gasteiger partial charge in [0.25, 0.3) is 0 Å². The van der Waals surface area contributed by atoms with Crippen molar-refractivity contribution < 1.29 is 9.53 Å². The molecule has 1 unspecified atom stereocenters. The van der Waals surface area contributed by atoms with Crippen molar-refractivity contribution in [3.63, 3.8) is 0 Å². The summed E-state index contributed by atoms with van der Waals surface area (Å²) in [6.07, 6.45) is 0. The zero-order chi connectivity index (χ0) is 9.78. The van der Waals surface area contributed by atoms with E-state index in [0.29, 0.717) is 0 Å². The molecule has 0 saturated heterocycles. The van der Waals surface area contributed by atoms with Gasteiger partial charge in [-0.25, -0.2) is 0 Å². The molecule has 0 aliphatic heterocycles. The second-order valence-corrected chi connectivity index (χ2v) is 3.88. The van der Waals surface area contributed by atoms with Crippen LogP contribution in [0.2, 0.25) is 0 Å². The number of likely N-dealkylation sites (N-methyl/N-ethyl adjacent to an activating group) is 1. The number of nitrogens with one attached hydrogen (secondary N) is 1. The summed E-state index contributed by atoms with van der Waals surface area (Å²) in [7, 11) is 1.42. The summed E-state index contributed by atoms with van der Waals surface area (Å²) >= 11 is 0. The number of methoxy groups -OCH3 is 1. The van der Waals surface area contributed by atoms with Gasteiger partial charge in [-0.1, -0.05) is 27.7 Å². The molecule has 0 aromatic rings. The van der Waals surface area contributed by atoms with Crippen LogP contribution in [0.4, 0.5) is 0 Å². The average molecular weight is 173 g/mol. The second kappa shape index (κ2) is 4.45. The highest BCUT2D eigenvalue weighted by atomic mass is 16.5. The van der Waals surface area contributed by atoms with E-state index in [0.717, 1.165) is 6.54 Å².